The summed E-state index contributed by atoms with van der Waals surface area (Å²) in [5.74, 6) is -0.547. The van der Waals surface area contributed by atoms with E-state index in [1.807, 2.05) is 0 Å². The van der Waals surface area contributed by atoms with Crippen LogP contribution >= 0.6 is 15.9 Å². The molecule has 1 atom stereocenters. The van der Waals surface area contributed by atoms with Crippen molar-refractivity contribution in [1.29, 1.82) is 0 Å². The average Bonchev–Trinajstić information content (AvgIpc) is 2.30. The van der Waals surface area contributed by atoms with Crippen LogP contribution in [0.5, 0.6) is 0 Å². The summed E-state index contributed by atoms with van der Waals surface area (Å²) in [6.45, 7) is 3.43. The quantitative estimate of drug-likeness (QED) is 0.798. The van der Waals surface area contributed by atoms with Gasteiger partial charge in [-0.3, -0.25) is 0 Å². The van der Waals surface area contributed by atoms with Crippen molar-refractivity contribution in [3.63, 3.8) is 0 Å². The zero-order chi connectivity index (χ0) is 13.2. The summed E-state index contributed by atoms with van der Waals surface area (Å²) in [6.07, 6.45) is 0. The Bertz CT molecular complexity index is 504. The van der Waals surface area contributed by atoms with Gasteiger partial charge in [-0.05, 0) is 31.5 Å². The molecule has 0 aliphatic carbocycles. The molecular weight excluding hydrogens is 309 g/mol. The smallest absolute Gasteiger partial charge is 0.207 e. The van der Waals surface area contributed by atoms with Crippen molar-refractivity contribution < 1.29 is 12.8 Å². The van der Waals surface area contributed by atoms with Crippen LogP contribution in [0.1, 0.15) is 12.5 Å². The Morgan fingerprint density at radius 3 is 2.59 bits per heavy atom. The topological polar surface area (TPSA) is 37.4 Å². The molecule has 6 heteroatoms. The molecule has 0 heterocycles. The summed E-state index contributed by atoms with van der Waals surface area (Å²) >= 11 is 3.23. The van der Waals surface area contributed by atoms with E-state index < -0.39 is 15.8 Å². The number of benzene rings is 1. The van der Waals surface area contributed by atoms with E-state index in [4.69, 9.17) is 0 Å². The minimum atomic E-state index is -3.64. The third-order valence-corrected chi connectivity index (χ3v) is 5.70. The Morgan fingerprint density at radius 2 is 2.06 bits per heavy atom. The van der Waals surface area contributed by atoms with Crippen molar-refractivity contribution in [2.75, 3.05) is 12.4 Å². The summed E-state index contributed by atoms with van der Waals surface area (Å²) < 4.78 is 38.9. The van der Waals surface area contributed by atoms with Gasteiger partial charge in [-0.2, -0.15) is 4.31 Å². The molecule has 17 heavy (non-hydrogen) atoms. The van der Waals surface area contributed by atoms with E-state index in [1.54, 1.807) is 13.8 Å². The number of alkyl halides is 1. The Morgan fingerprint density at radius 1 is 1.47 bits per heavy atom. The fourth-order valence-corrected chi connectivity index (χ4v) is 3.56. The second kappa shape index (κ2) is 5.46. The monoisotopic (exact) mass is 323 g/mol. The molecule has 0 spiro atoms. The predicted molar refractivity (Wildman–Crippen MR) is 69.3 cm³/mol. The standard InChI is InChI=1S/C11H15BrFNO2S/c1-8-4-5-10(13)6-11(8)17(15,16)14(3)9(2)7-12/h4-6,9H,7H2,1-3H3. The first-order valence-electron chi connectivity index (χ1n) is 5.11. The molecule has 0 aliphatic rings. The molecule has 1 aromatic rings. The summed E-state index contributed by atoms with van der Waals surface area (Å²) in [7, 11) is -2.15. The minimum absolute atomic E-state index is 0.0211. The number of nitrogens with zero attached hydrogens (tertiary/aromatic N) is 1. The van der Waals surface area contributed by atoms with Gasteiger partial charge in [0, 0.05) is 18.4 Å². The van der Waals surface area contributed by atoms with Gasteiger partial charge in [0.15, 0.2) is 0 Å². The van der Waals surface area contributed by atoms with E-state index in [0.29, 0.717) is 10.9 Å². The minimum Gasteiger partial charge on any atom is -0.207 e. The lowest BCUT2D eigenvalue weighted by Crippen LogP contribution is -2.36. The highest BCUT2D eigenvalue weighted by atomic mass is 79.9. The fourth-order valence-electron chi connectivity index (χ4n) is 1.34. The van der Waals surface area contributed by atoms with Gasteiger partial charge in [0.2, 0.25) is 10.0 Å². The van der Waals surface area contributed by atoms with Gasteiger partial charge in [0.05, 0.1) is 4.90 Å². The molecule has 1 aromatic carbocycles. The van der Waals surface area contributed by atoms with Crippen LogP contribution in [0.4, 0.5) is 4.39 Å². The molecule has 3 nitrogen and oxygen atoms in total. The Balaban J connectivity index is 3.26. The van der Waals surface area contributed by atoms with Crippen molar-refractivity contribution >= 4 is 26.0 Å². The van der Waals surface area contributed by atoms with Gasteiger partial charge < -0.3 is 0 Å². The largest absolute Gasteiger partial charge is 0.243 e. The first kappa shape index (κ1) is 14.6. The molecule has 1 unspecified atom stereocenters. The Kier molecular flexibility index (Phi) is 4.69. The third-order valence-electron chi connectivity index (χ3n) is 2.65. The normalized spacial score (nSPS) is 14.0. The molecule has 0 radical (unpaired) electrons. The van der Waals surface area contributed by atoms with Crippen LogP contribution < -0.4 is 0 Å². The molecule has 0 saturated carbocycles. The van der Waals surface area contributed by atoms with Crippen LogP contribution in [-0.4, -0.2) is 31.1 Å². The molecule has 0 saturated heterocycles. The van der Waals surface area contributed by atoms with Gasteiger partial charge in [0.25, 0.3) is 0 Å². The van der Waals surface area contributed by atoms with Crippen LogP contribution in [0.2, 0.25) is 0 Å². The highest BCUT2D eigenvalue weighted by Gasteiger charge is 2.26. The second-order valence-corrected chi connectivity index (χ2v) is 6.55. The van der Waals surface area contributed by atoms with Crippen molar-refractivity contribution in [3.8, 4) is 0 Å². The van der Waals surface area contributed by atoms with Gasteiger partial charge in [-0.1, -0.05) is 22.0 Å². The van der Waals surface area contributed by atoms with Crippen molar-refractivity contribution in [1.82, 2.24) is 4.31 Å². The molecule has 0 fully saturated rings. The molecule has 0 N–H and O–H groups in total. The summed E-state index contributed by atoms with van der Waals surface area (Å²) in [4.78, 5) is 0.0211. The first-order valence-corrected chi connectivity index (χ1v) is 7.67. The van der Waals surface area contributed by atoms with E-state index in [2.05, 4.69) is 15.9 Å². The fraction of sp³-hybridized carbons (Fsp3) is 0.455. The predicted octanol–water partition coefficient (Wildman–Crippen LogP) is 2.54. The van der Waals surface area contributed by atoms with E-state index in [0.717, 1.165) is 6.07 Å². The van der Waals surface area contributed by atoms with Crippen molar-refractivity contribution in [2.45, 2.75) is 24.8 Å². The zero-order valence-electron chi connectivity index (χ0n) is 9.94. The lowest BCUT2D eigenvalue weighted by atomic mass is 10.2. The van der Waals surface area contributed by atoms with Gasteiger partial charge in [-0.15, -0.1) is 0 Å². The van der Waals surface area contributed by atoms with Crippen molar-refractivity contribution in [3.05, 3.63) is 29.6 Å². The first-order chi connectivity index (χ1) is 7.80. The maximum absolute atomic E-state index is 13.1. The maximum atomic E-state index is 13.1. The molecule has 96 valence electrons. The number of aryl methyl sites for hydroxylation is 1. The maximum Gasteiger partial charge on any atom is 0.243 e. The van der Waals surface area contributed by atoms with Crippen LogP contribution in [-0.2, 0) is 10.0 Å². The van der Waals surface area contributed by atoms with E-state index in [1.165, 1.54) is 23.5 Å². The molecule has 0 amide bonds. The lowest BCUT2D eigenvalue weighted by Gasteiger charge is -2.23. The van der Waals surface area contributed by atoms with E-state index in [-0.39, 0.29) is 10.9 Å². The highest BCUT2D eigenvalue weighted by molar-refractivity contribution is 9.09. The van der Waals surface area contributed by atoms with Gasteiger partial charge in [-0.25, -0.2) is 12.8 Å². The Labute approximate surface area is 110 Å². The number of hydrogen-bond acceptors (Lipinski definition) is 2. The van der Waals surface area contributed by atoms with Crippen LogP contribution in [0.3, 0.4) is 0 Å². The van der Waals surface area contributed by atoms with Crippen molar-refractivity contribution in [2.24, 2.45) is 0 Å². The number of hydrogen-bond donors (Lipinski definition) is 0. The summed E-state index contributed by atoms with van der Waals surface area (Å²) in [6, 6.07) is 3.59. The van der Waals surface area contributed by atoms with Gasteiger partial charge >= 0.3 is 0 Å². The summed E-state index contributed by atoms with van der Waals surface area (Å²) in [5.41, 5.74) is 0.542. The molecular formula is C11H15BrFNO2S. The van der Waals surface area contributed by atoms with Crippen LogP contribution in [0.15, 0.2) is 23.1 Å². The highest BCUT2D eigenvalue weighted by Crippen LogP contribution is 2.21. The van der Waals surface area contributed by atoms with E-state index in [9.17, 15) is 12.8 Å². The van der Waals surface area contributed by atoms with Gasteiger partial charge in [0.1, 0.15) is 5.82 Å². The van der Waals surface area contributed by atoms with Crippen LogP contribution in [0, 0.1) is 12.7 Å². The van der Waals surface area contributed by atoms with Crippen LogP contribution in [0.25, 0.3) is 0 Å². The number of halogens is 2. The number of sulfonamides is 1. The second-order valence-electron chi connectivity index (χ2n) is 3.93. The molecule has 0 aliphatic heterocycles. The SMILES string of the molecule is Cc1ccc(F)cc1S(=O)(=O)N(C)C(C)CBr. The average molecular weight is 324 g/mol. The molecule has 0 aromatic heterocycles. The number of rotatable bonds is 4. The third kappa shape index (κ3) is 3.05. The zero-order valence-corrected chi connectivity index (χ0v) is 12.3. The Hall–Kier alpha value is -0.460. The van der Waals surface area contributed by atoms with E-state index >= 15 is 0 Å². The molecule has 0 bridgehead atoms. The lowest BCUT2D eigenvalue weighted by molar-refractivity contribution is 0.415. The summed E-state index contributed by atoms with van der Waals surface area (Å²) in [5, 5.41) is 0.525. The molecule has 1 rings (SSSR count).